The SMILES string of the molecule is OC[C@@H](O)[C@H](O)[C@@H](O)C(O)C1C[C@@H](O)[C@H](O)[C@@H](CO)O1. The molecule has 0 saturated carbocycles. The summed E-state index contributed by atoms with van der Waals surface area (Å²) in [6.45, 7) is -1.41. The van der Waals surface area contributed by atoms with Gasteiger partial charge in [-0.05, 0) is 0 Å². The number of ether oxygens (including phenoxy) is 1. The van der Waals surface area contributed by atoms with E-state index < -0.39 is 62.0 Å². The van der Waals surface area contributed by atoms with Gasteiger partial charge in [-0.3, -0.25) is 0 Å². The molecule has 1 rings (SSSR count). The molecule has 0 aromatic carbocycles. The molecule has 0 amide bonds. The van der Waals surface area contributed by atoms with Crippen molar-refractivity contribution >= 4 is 0 Å². The van der Waals surface area contributed by atoms with Crippen molar-refractivity contribution in [2.45, 2.75) is 55.3 Å². The summed E-state index contributed by atoms with van der Waals surface area (Å²) in [6, 6.07) is 0. The second-order valence-electron chi connectivity index (χ2n) is 4.91. The van der Waals surface area contributed by atoms with E-state index in [-0.39, 0.29) is 6.42 Å². The maximum Gasteiger partial charge on any atom is 0.111 e. The van der Waals surface area contributed by atoms with Crippen LogP contribution in [-0.4, -0.2) is 103 Å². The van der Waals surface area contributed by atoms with E-state index in [0.29, 0.717) is 0 Å². The topological polar surface area (TPSA) is 171 Å². The lowest BCUT2D eigenvalue weighted by Gasteiger charge is -2.40. The van der Waals surface area contributed by atoms with E-state index in [1.807, 2.05) is 0 Å². The molecule has 1 aliphatic rings. The van der Waals surface area contributed by atoms with Crippen LogP contribution in [-0.2, 0) is 4.74 Å². The first-order valence-corrected chi connectivity index (χ1v) is 6.29. The fourth-order valence-electron chi connectivity index (χ4n) is 2.11. The maximum atomic E-state index is 9.87. The molecule has 9 nitrogen and oxygen atoms in total. The quantitative estimate of drug-likeness (QED) is 0.240. The van der Waals surface area contributed by atoms with Crippen molar-refractivity contribution in [3.05, 3.63) is 0 Å². The summed E-state index contributed by atoms with van der Waals surface area (Å²) in [4.78, 5) is 0. The minimum absolute atomic E-state index is 0.224. The fourth-order valence-corrected chi connectivity index (χ4v) is 2.11. The third-order valence-electron chi connectivity index (χ3n) is 3.44. The van der Waals surface area contributed by atoms with Gasteiger partial charge in [0.05, 0.1) is 25.4 Å². The highest BCUT2D eigenvalue weighted by Gasteiger charge is 2.43. The normalized spacial score (nSPS) is 37.2. The molecule has 8 atom stereocenters. The van der Waals surface area contributed by atoms with Gasteiger partial charge in [0.15, 0.2) is 0 Å². The zero-order valence-electron chi connectivity index (χ0n) is 10.7. The first-order chi connectivity index (χ1) is 9.33. The molecule has 120 valence electrons. The van der Waals surface area contributed by atoms with Crippen LogP contribution < -0.4 is 0 Å². The highest BCUT2D eigenvalue weighted by Crippen LogP contribution is 2.24. The maximum absolute atomic E-state index is 9.87. The summed E-state index contributed by atoms with van der Waals surface area (Å²) in [5.41, 5.74) is 0. The summed E-state index contributed by atoms with van der Waals surface area (Å²) in [5, 5.41) is 75.0. The van der Waals surface area contributed by atoms with Gasteiger partial charge >= 0.3 is 0 Å². The van der Waals surface area contributed by atoms with Crippen LogP contribution in [0.15, 0.2) is 0 Å². The van der Waals surface area contributed by atoms with Gasteiger partial charge in [0.25, 0.3) is 0 Å². The number of rotatable bonds is 6. The van der Waals surface area contributed by atoms with E-state index in [9.17, 15) is 30.6 Å². The van der Waals surface area contributed by atoms with E-state index in [1.165, 1.54) is 0 Å². The Kier molecular flexibility index (Phi) is 6.72. The van der Waals surface area contributed by atoms with Crippen LogP contribution in [0, 0.1) is 0 Å². The van der Waals surface area contributed by atoms with Crippen molar-refractivity contribution in [1.29, 1.82) is 0 Å². The molecule has 1 saturated heterocycles. The highest BCUT2D eigenvalue weighted by molar-refractivity contribution is 4.92. The monoisotopic (exact) mass is 298 g/mol. The number of hydrogen-bond acceptors (Lipinski definition) is 9. The summed E-state index contributed by atoms with van der Waals surface area (Å²) < 4.78 is 5.14. The van der Waals surface area contributed by atoms with E-state index in [2.05, 4.69) is 0 Å². The lowest BCUT2D eigenvalue weighted by molar-refractivity contribution is -0.223. The average Bonchev–Trinajstić information content (AvgIpc) is 2.46. The van der Waals surface area contributed by atoms with Crippen molar-refractivity contribution in [2.75, 3.05) is 13.2 Å². The van der Waals surface area contributed by atoms with Crippen LogP contribution in [0.25, 0.3) is 0 Å². The second kappa shape index (κ2) is 7.59. The summed E-state index contributed by atoms with van der Waals surface area (Å²) in [7, 11) is 0. The first-order valence-electron chi connectivity index (χ1n) is 6.29. The van der Waals surface area contributed by atoms with Crippen molar-refractivity contribution in [3.63, 3.8) is 0 Å². The Morgan fingerprint density at radius 2 is 1.60 bits per heavy atom. The summed E-state index contributed by atoms with van der Waals surface area (Å²) >= 11 is 0. The van der Waals surface area contributed by atoms with Crippen molar-refractivity contribution < 1.29 is 45.6 Å². The largest absolute Gasteiger partial charge is 0.394 e. The minimum atomic E-state index is -1.83. The Morgan fingerprint density at radius 1 is 1.00 bits per heavy atom. The fraction of sp³-hybridized carbons (Fsp3) is 1.00. The molecule has 0 aromatic rings. The van der Waals surface area contributed by atoms with E-state index in [1.54, 1.807) is 0 Å². The third kappa shape index (κ3) is 3.85. The van der Waals surface area contributed by atoms with E-state index >= 15 is 0 Å². The van der Waals surface area contributed by atoms with Gasteiger partial charge in [-0.1, -0.05) is 0 Å². The van der Waals surface area contributed by atoms with Gasteiger partial charge in [0.2, 0.25) is 0 Å². The summed E-state index contributed by atoms with van der Waals surface area (Å²) in [5.74, 6) is 0. The predicted octanol–water partition coefficient (Wildman–Crippen LogP) is -4.71. The molecule has 1 heterocycles. The molecule has 0 spiro atoms. The van der Waals surface area contributed by atoms with Crippen LogP contribution in [0.5, 0.6) is 0 Å². The Morgan fingerprint density at radius 3 is 2.10 bits per heavy atom. The van der Waals surface area contributed by atoms with Crippen molar-refractivity contribution in [1.82, 2.24) is 0 Å². The highest BCUT2D eigenvalue weighted by atomic mass is 16.5. The van der Waals surface area contributed by atoms with Crippen LogP contribution in [0.4, 0.5) is 0 Å². The van der Waals surface area contributed by atoms with E-state index in [4.69, 9.17) is 14.9 Å². The van der Waals surface area contributed by atoms with Crippen LogP contribution in [0.1, 0.15) is 6.42 Å². The van der Waals surface area contributed by atoms with Gasteiger partial charge in [0, 0.05) is 6.42 Å². The molecule has 0 aliphatic carbocycles. The molecule has 0 aromatic heterocycles. The Hall–Kier alpha value is -0.360. The molecule has 9 heteroatoms. The summed E-state index contributed by atoms with van der Waals surface area (Å²) in [6.07, 6.45) is -12.1. The Balaban J connectivity index is 2.68. The molecular formula is C11H22O9. The van der Waals surface area contributed by atoms with Gasteiger partial charge in [-0.15, -0.1) is 0 Å². The average molecular weight is 298 g/mol. The predicted molar refractivity (Wildman–Crippen MR) is 63.5 cm³/mol. The smallest absolute Gasteiger partial charge is 0.111 e. The van der Waals surface area contributed by atoms with Gasteiger partial charge in [0.1, 0.15) is 36.6 Å². The zero-order valence-corrected chi connectivity index (χ0v) is 10.7. The molecule has 0 radical (unpaired) electrons. The van der Waals surface area contributed by atoms with Gasteiger partial charge in [-0.2, -0.15) is 0 Å². The molecule has 2 unspecified atom stereocenters. The van der Waals surface area contributed by atoms with Crippen LogP contribution in [0.3, 0.4) is 0 Å². The molecule has 8 N–H and O–H groups in total. The van der Waals surface area contributed by atoms with Crippen molar-refractivity contribution in [2.24, 2.45) is 0 Å². The van der Waals surface area contributed by atoms with Crippen molar-refractivity contribution in [3.8, 4) is 0 Å². The minimum Gasteiger partial charge on any atom is -0.394 e. The molecule has 0 bridgehead atoms. The zero-order chi connectivity index (χ0) is 15.4. The van der Waals surface area contributed by atoms with E-state index in [0.717, 1.165) is 0 Å². The van der Waals surface area contributed by atoms with Gasteiger partial charge in [-0.25, -0.2) is 0 Å². The van der Waals surface area contributed by atoms with Crippen LogP contribution in [0.2, 0.25) is 0 Å². The van der Waals surface area contributed by atoms with Gasteiger partial charge < -0.3 is 45.6 Å². The molecule has 1 fully saturated rings. The first kappa shape index (κ1) is 17.7. The molecular weight excluding hydrogens is 276 g/mol. The lowest BCUT2D eigenvalue weighted by Crippen LogP contribution is -2.57. The Labute approximate surface area is 115 Å². The second-order valence-corrected chi connectivity index (χ2v) is 4.91. The Bertz CT molecular complexity index is 289. The lowest BCUT2D eigenvalue weighted by atomic mass is 9.91. The standard InChI is InChI=1S/C11H22O9/c12-2-5(15)9(17)11(19)10(18)6-1-4(14)8(16)7(3-13)20-6/h4-19H,1-3H2/t4-,5-,6?,7-,8+,9+,10?,11-/m1/s1. The molecule has 20 heavy (non-hydrogen) atoms. The van der Waals surface area contributed by atoms with Crippen LogP contribution >= 0.6 is 0 Å². The third-order valence-corrected chi connectivity index (χ3v) is 3.44. The number of aliphatic hydroxyl groups is 8. The number of hydrogen-bond donors (Lipinski definition) is 8. The molecule has 1 aliphatic heterocycles. The number of aliphatic hydroxyl groups excluding tert-OH is 8.